The zero-order valence-electron chi connectivity index (χ0n) is 16.2. The maximum absolute atomic E-state index is 12.8. The number of nitrogens with one attached hydrogen (secondary N) is 1. The number of ether oxygens (including phenoxy) is 1. The number of carbonyl (C=O) groups is 1. The van der Waals surface area contributed by atoms with Crippen molar-refractivity contribution in [2.45, 2.75) is 30.8 Å². The van der Waals surface area contributed by atoms with E-state index in [4.69, 9.17) is 4.74 Å². The normalized spacial score (nSPS) is 15.2. The first-order valence-electron chi connectivity index (χ1n) is 9.28. The average molecular weight is 442 g/mol. The number of hydrogen-bond acceptors (Lipinski definition) is 4. The van der Waals surface area contributed by atoms with Crippen molar-refractivity contribution in [1.29, 1.82) is 0 Å². The minimum absolute atomic E-state index is 0.00204. The molecule has 3 rings (SSSR count). The highest BCUT2D eigenvalue weighted by Crippen LogP contribution is 2.30. The number of halogens is 3. The van der Waals surface area contributed by atoms with Crippen molar-refractivity contribution >= 4 is 21.6 Å². The van der Waals surface area contributed by atoms with Gasteiger partial charge in [-0.15, -0.1) is 0 Å². The minimum Gasteiger partial charge on any atom is -0.483 e. The number of alkyl halides is 3. The Hall–Kier alpha value is -2.59. The summed E-state index contributed by atoms with van der Waals surface area (Å²) in [5.41, 5.74) is -0.337. The summed E-state index contributed by atoms with van der Waals surface area (Å²) in [6, 6.07) is 8.65. The van der Waals surface area contributed by atoms with Crippen LogP contribution in [-0.4, -0.2) is 38.3 Å². The molecule has 30 heavy (non-hydrogen) atoms. The van der Waals surface area contributed by atoms with E-state index >= 15 is 0 Å². The number of sulfonamides is 1. The summed E-state index contributed by atoms with van der Waals surface area (Å²) in [5.74, 6) is -0.322. The number of benzene rings is 2. The monoisotopic (exact) mass is 442 g/mol. The molecule has 0 saturated carbocycles. The summed E-state index contributed by atoms with van der Waals surface area (Å²) < 4.78 is 70.3. The molecule has 0 atom stereocenters. The van der Waals surface area contributed by atoms with Gasteiger partial charge >= 0.3 is 6.18 Å². The average Bonchev–Trinajstić information content (AvgIpc) is 3.22. The predicted molar refractivity (Wildman–Crippen MR) is 105 cm³/mol. The molecule has 0 aromatic heterocycles. The van der Waals surface area contributed by atoms with Gasteiger partial charge in [-0.05, 0) is 61.7 Å². The van der Waals surface area contributed by atoms with Gasteiger partial charge in [-0.2, -0.15) is 17.5 Å². The fourth-order valence-electron chi connectivity index (χ4n) is 3.14. The van der Waals surface area contributed by atoms with Crippen LogP contribution in [0.15, 0.2) is 47.4 Å². The zero-order valence-corrected chi connectivity index (χ0v) is 17.0. The topological polar surface area (TPSA) is 75.7 Å². The van der Waals surface area contributed by atoms with Gasteiger partial charge in [0.2, 0.25) is 10.0 Å². The van der Waals surface area contributed by atoms with Gasteiger partial charge in [-0.3, -0.25) is 4.79 Å². The molecular weight excluding hydrogens is 421 g/mol. The molecule has 2 aromatic carbocycles. The summed E-state index contributed by atoms with van der Waals surface area (Å²) in [7, 11) is -3.56. The third-order valence-electron chi connectivity index (χ3n) is 4.68. The van der Waals surface area contributed by atoms with E-state index in [0.717, 1.165) is 25.0 Å². The largest absolute Gasteiger partial charge is 0.483 e. The second-order valence-corrected chi connectivity index (χ2v) is 8.89. The third-order valence-corrected chi connectivity index (χ3v) is 6.58. The van der Waals surface area contributed by atoms with Crippen molar-refractivity contribution in [2.24, 2.45) is 0 Å². The summed E-state index contributed by atoms with van der Waals surface area (Å²) in [5, 5.41) is 2.35. The van der Waals surface area contributed by atoms with E-state index in [-0.39, 0.29) is 10.6 Å². The molecule has 1 N–H and O–H groups in total. The fraction of sp³-hybridized carbons (Fsp3) is 0.350. The smallest absolute Gasteiger partial charge is 0.416 e. The molecule has 0 spiro atoms. The van der Waals surface area contributed by atoms with Crippen molar-refractivity contribution < 1.29 is 31.1 Å². The van der Waals surface area contributed by atoms with Crippen LogP contribution in [-0.2, 0) is 21.0 Å². The number of aryl methyl sites for hydroxylation is 1. The lowest BCUT2D eigenvalue weighted by atomic mass is 10.2. The molecule has 1 saturated heterocycles. The standard InChI is InChI=1S/C20H21F3N2O4S/c1-14-11-17(30(27,28)25-9-2-3-10-25)7-8-18(14)29-13-19(26)24-16-6-4-5-15(12-16)20(21,22)23/h4-8,11-12H,2-3,9-10,13H2,1H3,(H,24,26). The highest BCUT2D eigenvalue weighted by atomic mass is 32.2. The molecular formula is C20H21F3N2O4S. The van der Waals surface area contributed by atoms with Gasteiger partial charge in [0.1, 0.15) is 5.75 Å². The van der Waals surface area contributed by atoms with Crippen molar-refractivity contribution in [3.05, 3.63) is 53.6 Å². The van der Waals surface area contributed by atoms with Gasteiger partial charge in [-0.1, -0.05) is 6.07 Å². The van der Waals surface area contributed by atoms with Crippen LogP contribution < -0.4 is 10.1 Å². The maximum atomic E-state index is 12.8. The summed E-state index contributed by atoms with van der Waals surface area (Å²) >= 11 is 0. The van der Waals surface area contributed by atoms with E-state index in [1.165, 1.54) is 34.6 Å². The Morgan fingerprint density at radius 2 is 1.83 bits per heavy atom. The second kappa shape index (κ2) is 8.65. The van der Waals surface area contributed by atoms with Crippen LogP contribution in [0.1, 0.15) is 24.0 Å². The van der Waals surface area contributed by atoms with Gasteiger partial charge in [0.05, 0.1) is 10.5 Å². The first-order chi connectivity index (χ1) is 14.1. The Morgan fingerprint density at radius 3 is 2.47 bits per heavy atom. The molecule has 1 aliphatic heterocycles. The van der Waals surface area contributed by atoms with Gasteiger partial charge in [0, 0.05) is 18.8 Å². The lowest BCUT2D eigenvalue weighted by Gasteiger charge is -2.17. The van der Waals surface area contributed by atoms with E-state index in [1.54, 1.807) is 6.92 Å². The molecule has 1 fully saturated rings. The van der Waals surface area contributed by atoms with Crippen molar-refractivity contribution in [2.75, 3.05) is 25.0 Å². The summed E-state index contributed by atoms with van der Waals surface area (Å²) in [4.78, 5) is 12.2. The molecule has 1 heterocycles. The summed E-state index contributed by atoms with van der Waals surface area (Å²) in [6.07, 6.45) is -2.84. The Labute approximate surface area is 172 Å². The maximum Gasteiger partial charge on any atom is 0.416 e. The van der Waals surface area contributed by atoms with Crippen molar-refractivity contribution in [1.82, 2.24) is 4.31 Å². The van der Waals surface area contributed by atoms with E-state index in [0.29, 0.717) is 24.4 Å². The molecule has 0 bridgehead atoms. The highest BCUT2D eigenvalue weighted by molar-refractivity contribution is 7.89. The second-order valence-electron chi connectivity index (χ2n) is 6.95. The van der Waals surface area contributed by atoms with E-state index in [2.05, 4.69) is 5.32 Å². The van der Waals surface area contributed by atoms with Crippen molar-refractivity contribution in [3.8, 4) is 5.75 Å². The number of carbonyl (C=O) groups excluding carboxylic acids is 1. The van der Waals surface area contributed by atoms with Crippen molar-refractivity contribution in [3.63, 3.8) is 0 Å². The first-order valence-corrected chi connectivity index (χ1v) is 10.7. The Bertz CT molecular complexity index is 1030. The minimum atomic E-state index is -4.51. The first kappa shape index (κ1) is 22.1. The van der Waals surface area contributed by atoms with E-state index in [1.807, 2.05) is 0 Å². The van der Waals surface area contributed by atoms with Gasteiger partial charge in [0.15, 0.2) is 6.61 Å². The van der Waals surface area contributed by atoms with Gasteiger partial charge in [0.25, 0.3) is 5.91 Å². The molecule has 1 amide bonds. The number of rotatable bonds is 6. The van der Waals surface area contributed by atoms with E-state index in [9.17, 15) is 26.4 Å². The van der Waals surface area contributed by atoms with Gasteiger partial charge in [-0.25, -0.2) is 8.42 Å². The quantitative estimate of drug-likeness (QED) is 0.738. The molecule has 10 heteroatoms. The summed E-state index contributed by atoms with van der Waals surface area (Å²) in [6.45, 7) is 2.21. The fourth-order valence-corrected chi connectivity index (χ4v) is 4.74. The highest BCUT2D eigenvalue weighted by Gasteiger charge is 2.30. The number of nitrogens with zero attached hydrogens (tertiary/aromatic N) is 1. The van der Waals surface area contributed by atoms with E-state index < -0.39 is 34.3 Å². The SMILES string of the molecule is Cc1cc(S(=O)(=O)N2CCCC2)ccc1OCC(=O)Nc1cccc(C(F)(F)F)c1. The zero-order chi connectivity index (χ0) is 21.9. The van der Waals surface area contributed by atoms with Crippen LogP contribution in [0.3, 0.4) is 0 Å². The molecule has 0 unspecified atom stereocenters. The van der Waals surface area contributed by atoms with Crippen LogP contribution in [0.2, 0.25) is 0 Å². The molecule has 0 radical (unpaired) electrons. The van der Waals surface area contributed by atoms with Crippen LogP contribution in [0, 0.1) is 6.92 Å². The number of hydrogen-bond donors (Lipinski definition) is 1. The van der Waals surface area contributed by atoms with Crippen LogP contribution in [0.4, 0.5) is 18.9 Å². The molecule has 162 valence electrons. The Kier molecular flexibility index (Phi) is 6.37. The molecule has 1 aliphatic rings. The predicted octanol–water partition coefficient (Wildman–Crippen LogP) is 3.82. The van der Waals surface area contributed by atoms with Gasteiger partial charge < -0.3 is 10.1 Å². The Morgan fingerprint density at radius 1 is 1.13 bits per heavy atom. The Balaban J connectivity index is 1.63. The third kappa shape index (κ3) is 5.11. The van der Waals surface area contributed by atoms with Crippen LogP contribution >= 0.6 is 0 Å². The number of anilines is 1. The van der Waals surface area contributed by atoms with Crippen LogP contribution in [0.25, 0.3) is 0 Å². The lowest BCUT2D eigenvalue weighted by molar-refractivity contribution is -0.137. The molecule has 6 nitrogen and oxygen atoms in total. The molecule has 0 aliphatic carbocycles. The van der Waals surface area contributed by atoms with Crippen LogP contribution in [0.5, 0.6) is 5.75 Å². The molecule has 2 aromatic rings. The number of amides is 1. The lowest BCUT2D eigenvalue weighted by Crippen LogP contribution is -2.27.